The maximum atomic E-state index is 9.12. The number of hydrogen-bond donors (Lipinski definition) is 1. The van der Waals surface area contributed by atoms with Crippen LogP contribution >= 0.6 is 11.3 Å². The maximum Gasteiger partial charge on any atom is 0.127 e. The van der Waals surface area contributed by atoms with Gasteiger partial charge in [-0.1, -0.05) is 13.0 Å². The number of methoxy groups -OCH3 is 1. The summed E-state index contributed by atoms with van der Waals surface area (Å²) in [6.45, 7) is 2.21. The Balaban J connectivity index is 2.55. The van der Waals surface area contributed by atoms with Gasteiger partial charge in [0.15, 0.2) is 0 Å². The van der Waals surface area contributed by atoms with Gasteiger partial charge in [0.25, 0.3) is 0 Å². The normalized spacial score (nSPS) is 13.0. The van der Waals surface area contributed by atoms with E-state index in [1.54, 1.807) is 18.4 Å². The monoisotopic (exact) mass is 222 g/mol. The topological polar surface area (TPSA) is 29.5 Å². The second kappa shape index (κ2) is 4.21. The van der Waals surface area contributed by atoms with Crippen LogP contribution in [0.3, 0.4) is 0 Å². The van der Waals surface area contributed by atoms with E-state index in [-0.39, 0.29) is 12.5 Å². The summed E-state index contributed by atoms with van der Waals surface area (Å²) in [5, 5.41) is 10.3. The van der Waals surface area contributed by atoms with Crippen molar-refractivity contribution in [3.05, 3.63) is 29.1 Å². The number of rotatable bonds is 3. The summed E-state index contributed by atoms with van der Waals surface area (Å²) in [6.07, 6.45) is 0. The van der Waals surface area contributed by atoms with Crippen LogP contribution in [0.1, 0.15) is 17.7 Å². The Labute approximate surface area is 93.1 Å². The van der Waals surface area contributed by atoms with Crippen molar-refractivity contribution in [2.24, 2.45) is 0 Å². The van der Waals surface area contributed by atoms with E-state index in [0.717, 1.165) is 11.1 Å². The predicted octanol–water partition coefficient (Wildman–Crippen LogP) is 3.01. The Morgan fingerprint density at radius 2 is 2.27 bits per heavy atom. The van der Waals surface area contributed by atoms with E-state index < -0.39 is 0 Å². The van der Waals surface area contributed by atoms with Crippen molar-refractivity contribution in [2.75, 3.05) is 13.7 Å². The summed E-state index contributed by atoms with van der Waals surface area (Å²) in [5.41, 5.74) is 0. The minimum atomic E-state index is 0.190. The number of hydrogen-bond acceptors (Lipinski definition) is 3. The first-order valence-corrected chi connectivity index (χ1v) is 5.75. The molecule has 3 heteroatoms. The quantitative estimate of drug-likeness (QED) is 0.865. The molecule has 0 amide bonds. The lowest BCUT2D eigenvalue weighted by atomic mass is 10.1. The first-order chi connectivity index (χ1) is 7.26. The molecule has 0 aliphatic carbocycles. The van der Waals surface area contributed by atoms with Gasteiger partial charge in [0.2, 0.25) is 0 Å². The van der Waals surface area contributed by atoms with Crippen LogP contribution in [0.15, 0.2) is 24.3 Å². The molecule has 0 saturated heterocycles. The van der Waals surface area contributed by atoms with Gasteiger partial charge in [0, 0.05) is 20.9 Å². The van der Waals surface area contributed by atoms with Crippen molar-refractivity contribution in [3.8, 4) is 5.75 Å². The summed E-state index contributed by atoms with van der Waals surface area (Å²) in [6, 6.07) is 8.14. The lowest BCUT2D eigenvalue weighted by Crippen LogP contribution is -1.94. The molecular weight excluding hydrogens is 208 g/mol. The SMILES string of the molecule is COc1cccc2sc(C(C)CO)cc12. The lowest BCUT2D eigenvalue weighted by molar-refractivity contribution is 0.274. The van der Waals surface area contributed by atoms with Gasteiger partial charge in [0.1, 0.15) is 5.75 Å². The fraction of sp³-hybridized carbons (Fsp3) is 0.333. The highest BCUT2D eigenvalue weighted by molar-refractivity contribution is 7.19. The number of thiophene rings is 1. The van der Waals surface area contributed by atoms with Crippen molar-refractivity contribution in [2.45, 2.75) is 12.8 Å². The smallest absolute Gasteiger partial charge is 0.127 e. The number of aliphatic hydroxyl groups excluding tert-OH is 1. The lowest BCUT2D eigenvalue weighted by Gasteiger charge is -2.02. The molecule has 15 heavy (non-hydrogen) atoms. The van der Waals surface area contributed by atoms with Gasteiger partial charge >= 0.3 is 0 Å². The van der Waals surface area contributed by atoms with Crippen LogP contribution in [-0.2, 0) is 0 Å². The summed E-state index contributed by atoms with van der Waals surface area (Å²) >= 11 is 1.72. The van der Waals surface area contributed by atoms with Crippen molar-refractivity contribution < 1.29 is 9.84 Å². The average Bonchev–Trinajstić information content (AvgIpc) is 2.71. The highest BCUT2D eigenvalue weighted by atomic mass is 32.1. The summed E-state index contributed by atoms with van der Waals surface area (Å²) in [7, 11) is 1.68. The van der Waals surface area contributed by atoms with Crippen LogP contribution in [0, 0.1) is 0 Å². The first kappa shape index (κ1) is 10.5. The van der Waals surface area contributed by atoms with Crippen LogP contribution in [0.5, 0.6) is 5.75 Å². The van der Waals surface area contributed by atoms with E-state index in [0.29, 0.717) is 0 Å². The van der Waals surface area contributed by atoms with E-state index in [1.165, 1.54) is 9.58 Å². The van der Waals surface area contributed by atoms with Crippen LogP contribution < -0.4 is 4.74 Å². The molecule has 1 N–H and O–H groups in total. The second-order valence-corrected chi connectivity index (χ2v) is 4.72. The molecule has 0 aliphatic rings. The molecule has 2 aromatic rings. The van der Waals surface area contributed by atoms with Gasteiger partial charge in [0.05, 0.1) is 13.7 Å². The molecule has 2 nitrogen and oxygen atoms in total. The van der Waals surface area contributed by atoms with Crippen molar-refractivity contribution in [3.63, 3.8) is 0 Å². The molecule has 0 bridgehead atoms. The van der Waals surface area contributed by atoms with Gasteiger partial charge in [-0.05, 0) is 18.2 Å². The molecular formula is C12H14O2S. The summed E-state index contributed by atoms with van der Waals surface area (Å²) in [4.78, 5) is 1.21. The van der Waals surface area contributed by atoms with Crippen LogP contribution in [-0.4, -0.2) is 18.8 Å². The van der Waals surface area contributed by atoms with E-state index in [1.807, 2.05) is 19.1 Å². The van der Waals surface area contributed by atoms with Gasteiger partial charge in [-0.15, -0.1) is 11.3 Å². The predicted molar refractivity (Wildman–Crippen MR) is 63.9 cm³/mol. The largest absolute Gasteiger partial charge is 0.496 e. The first-order valence-electron chi connectivity index (χ1n) is 4.93. The van der Waals surface area contributed by atoms with E-state index in [9.17, 15) is 0 Å². The molecule has 1 aromatic heterocycles. The van der Waals surface area contributed by atoms with Crippen LogP contribution in [0.2, 0.25) is 0 Å². The third kappa shape index (κ3) is 1.85. The van der Waals surface area contributed by atoms with E-state index >= 15 is 0 Å². The second-order valence-electron chi connectivity index (χ2n) is 3.60. The van der Waals surface area contributed by atoms with Gasteiger partial charge in [-0.25, -0.2) is 0 Å². The molecule has 0 saturated carbocycles. The molecule has 80 valence electrons. The van der Waals surface area contributed by atoms with Crippen LogP contribution in [0.25, 0.3) is 10.1 Å². The zero-order valence-electron chi connectivity index (χ0n) is 8.86. The maximum absolute atomic E-state index is 9.12. The summed E-state index contributed by atoms with van der Waals surface area (Å²) in [5.74, 6) is 1.10. The summed E-state index contributed by atoms with van der Waals surface area (Å²) < 4.78 is 6.51. The highest BCUT2D eigenvalue weighted by Gasteiger charge is 2.10. The zero-order valence-corrected chi connectivity index (χ0v) is 9.67. The van der Waals surface area contributed by atoms with Gasteiger partial charge in [-0.3, -0.25) is 0 Å². The van der Waals surface area contributed by atoms with E-state index in [4.69, 9.17) is 9.84 Å². The Bertz CT molecular complexity index is 462. The molecule has 0 aliphatic heterocycles. The molecule has 2 rings (SSSR count). The zero-order chi connectivity index (χ0) is 10.8. The Morgan fingerprint density at radius 1 is 1.47 bits per heavy atom. The van der Waals surface area contributed by atoms with E-state index in [2.05, 4.69) is 12.1 Å². The minimum absolute atomic E-state index is 0.190. The van der Waals surface area contributed by atoms with Crippen molar-refractivity contribution in [1.82, 2.24) is 0 Å². The Kier molecular flexibility index (Phi) is 2.93. The highest BCUT2D eigenvalue weighted by Crippen LogP contribution is 2.35. The minimum Gasteiger partial charge on any atom is -0.496 e. The molecule has 1 atom stereocenters. The number of fused-ring (bicyclic) bond motifs is 1. The van der Waals surface area contributed by atoms with Gasteiger partial charge < -0.3 is 9.84 Å². The van der Waals surface area contributed by atoms with Gasteiger partial charge in [-0.2, -0.15) is 0 Å². The standard InChI is InChI=1S/C12H14O2S/c1-8(7-13)12-6-9-10(14-2)4-3-5-11(9)15-12/h3-6,8,13H,7H2,1-2H3. The van der Waals surface area contributed by atoms with Crippen LogP contribution in [0.4, 0.5) is 0 Å². The molecule has 0 radical (unpaired) electrons. The number of aliphatic hydroxyl groups is 1. The number of ether oxygens (including phenoxy) is 1. The number of benzene rings is 1. The fourth-order valence-electron chi connectivity index (χ4n) is 1.56. The Morgan fingerprint density at radius 3 is 2.93 bits per heavy atom. The molecule has 1 unspecified atom stereocenters. The average molecular weight is 222 g/mol. The molecule has 0 fully saturated rings. The third-order valence-electron chi connectivity index (χ3n) is 2.52. The molecule has 1 aromatic carbocycles. The Hall–Kier alpha value is -1.06. The fourth-order valence-corrected chi connectivity index (χ4v) is 2.69. The molecule has 1 heterocycles. The molecule has 0 spiro atoms. The third-order valence-corrected chi connectivity index (χ3v) is 3.85. The van der Waals surface area contributed by atoms with Crippen molar-refractivity contribution in [1.29, 1.82) is 0 Å². The van der Waals surface area contributed by atoms with Crippen molar-refractivity contribution >= 4 is 21.4 Å².